The number of hydrogen-bond acceptors (Lipinski definition) is 5. The summed E-state index contributed by atoms with van der Waals surface area (Å²) < 4.78 is 0. The summed E-state index contributed by atoms with van der Waals surface area (Å²) in [5.74, 6) is -0.824. The zero-order valence-electron chi connectivity index (χ0n) is 19.0. The smallest absolute Gasteiger partial charge is 0.241 e. The first-order valence-corrected chi connectivity index (χ1v) is 11.1. The van der Waals surface area contributed by atoms with Crippen LogP contribution in [0.2, 0.25) is 0 Å². The van der Waals surface area contributed by atoms with Gasteiger partial charge < -0.3 is 9.80 Å². The lowest BCUT2D eigenvalue weighted by molar-refractivity contribution is -0.144. The molecule has 0 saturated carbocycles. The molecule has 0 unspecified atom stereocenters. The van der Waals surface area contributed by atoms with Gasteiger partial charge in [0.1, 0.15) is 0 Å². The standard InChI is InChI=1S/C25H28N4O4/c1-18-6-3-4-8-21(18)25(14-22(31)28-12-10-27(11-13-28)19(2)30)15-23(32)29(24(25)33)17-20-7-5-9-26-16-20/h3-9,16H,10-15,17H2,1-2H3/t25-/m1/s1. The van der Waals surface area contributed by atoms with Gasteiger partial charge in [0.05, 0.1) is 12.0 Å². The molecule has 8 nitrogen and oxygen atoms in total. The lowest BCUT2D eigenvalue weighted by atomic mass is 9.74. The molecular formula is C25H28N4O4. The SMILES string of the molecule is CC(=O)N1CCN(C(=O)C[C@]2(c3ccccc3C)CC(=O)N(Cc3cccnc3)C2=O)CC1. The fraction of sp³-hybridized carbons (Fsp3) is 0.400. The van der Waals surface area contributed by atoms with Crippen LogP contribution in [0.1, 0.15) is 36.5 Å². The lowest BCUT2D eigenvalue weighted by Gasteiger charge is -2.36. The minimum absolute atomic E-state index is 0.0129. The number of hydrogen-bond donors (Lipinski definition) is 0. The Morgan fingerprint density at radius 3 is 2.33 bits per heavy atom. The van der Waals surface area contributed by atoms with E-state index in [0.29, 0.717) is 31.7 Å². The first-order valence-electron chi connectivity index (χ1n) is 11.1. The molecule has 2 aliphatic rings. The summed E-state index contributed by atoms with van der Waals surface area (Å²) in [5.41, 5.74) is 1.11. The maximum atomic E-state index is 13.8. The minimum Gasteiger partial charge on any atom is -0.339 e. The average Bonchev–Trinajstić information content (AvgIpc) is 3.04. The third-order valence-corrected chi connectivity index (χ3v) is 6.66. The predicted octanol–water partition coefficient (Wildman–Crippen LogP) is 1.67. The first-order chi connectivity index (χ1) is 15.8. The number of benzene rings is 1. The van der Waals surface area contributed by atoms with Crippen LogP contribution in [0.15, 0.2) is 48.8 Å². The van der Waals surface area contributed by atoms with E-state index in [9.17, 15) is 19.2 Å². The van der Waals surface area contributed by atoms with Crippen molar-refractivity contribution in [2.45, 2.75) is 38.6 Å². The maximum absolute atomic E-state index is 13.8. The van der Waals surface area contributed by atoms with E-state index in [0.717, 1.165) is 11.1 Å². The fourth-order valence-corrected chi connectivity index (χ4v) is 4.83. The Labute approximate surface area is 193 Å². The summed E-state index contributed by atoms with van der Waals surface area (Å²) >= 11 is 0. The summed E-state index contributed by atoms with van der Waals surface area (Å²) in [6, 6.07) is 11.0. The maximum Gasteiger partial charge on any atom is 0.241 e. The van der Waals surface area contributed by atoms with Crippen molar-refractivity contribution in [2.24, 2.45) is 0 Å². The highest BCUT2D eigenvalue weighted by Gasteiger charge is 2.54. The number of amides is 4. The Hall–Kier alpha value is -3.55. The van der Waals surface area contributed by atoms with Crippen LogP contribution in [0.25, 0.3) is 0 Å². The Bertz CT molecular complexity index is 1080. The van der Waals surface area contributed by atoms with E-state index in [2.05, 4.69) is 4.98 Å². The van der Waals surface area contributed by atoms with E-state index in [4.69, 9.17) is 0 Å². The van der Waals surface area contributed by atoms with Crippen molar-refractivity contribution in [3.63, 3.8) is 0 Å². The van der Waals surface area contributed by atoms with Gasteiger partial charge in [-0.2, -0.15) is 0 Å². The van der Waals surface area contributed by atoms with Crippen LogP contribution in [-0.4, -0.2) is 69.5 Å². The molecule has 0 bridgehead atoms. The number of carbonyl (C=O) groups is 4. The van der Waals surface area contributed by atoms with E-state index in [-0.39, 0.29) is 43.0 Å². The van der Waals surface area contributed by atoms with Crippen molar-refractivity contribution >= 4 is 23.6 Å². The average molecular weight is 449 g/mol. The van der Waals surface area contributed by atoms with Crippen LogP contribution in [0, 0.1) is 6.92 Å². The molecule has 1 atom stereocenters. The first kappa shape index (κ1) is 22.6. The number of imide groups is 1. The highest BCUT2D eigenvalue weighted by molar-refractivity contribution is 6.10. The van der Waals surface area contributed by atoms with Crippen LogP contribution in [-0.2, 0) is 31.1 Å². The second-order valence-electron chi connectivity index (χ2n) is 8.78. The summed E-state index contributed by atoms with van der Waals surface area (Å²) in [6.07, 6.45) is 3.15. The normalized spacial score (nSPS) is 21.0. The van der Waals surface area contributed by atoms with Gasteiger partial charge in [0.25, 0.3) is 0 Å². The molecular weight excluding hydrogens is 420 g/mol. The van der Waals surface area contributed by atoms with Gasteiger partial charge >= 0.3 is 0 Å². The van der Waals surface area contributed by atoms with Crippen molar-refractivity contribution < 1.29 is 19.2 Å². The van der Waals surface area contributed by atoms with E-state index in [1.807, 2.05) is 37.3 Å². The number of likely N-dealkylation sites (tertiary alicyclic amines) is 1. The number of aromatic nitrogens is 1. The molecule has 0 N–H and O–H groups in total. The van der Waals surface area contributed by atoms with Gasteiger partial charge in [-0.25, -0.2) is 0 Å². The topological polar surface area (TPSA) is 90.9 Å². The summed E-state index contributed by atoms with van der Waals surface area (Å²) in [5, 5.41) is 0. The zero-order valence-corrected chi connectivity index (χ0v) is 19.0. The van der Waals surface area contributed by atoms with Gasteiger partial charge in [-0.3, -0.25) is 29.1 Å². The van der Waals surface area contributed by atoms with Crippen molar-refractivity contribution in [3.8, 4) is 0 Å². The van der Waals surface area contributed by atoms with Crippen LogP contribution in [0.5, 0.6) is 0 Å². The number of aryl methyl sites for hydroxylation is 1. The Balaban J connectivity index is 1.62. The minimum atomic E-state index is -1.24. The van der Waals surface area contributed by atoms with Crippen LogP contribution < -0.4 is 0 Å². The molecule has 0 aliphatic carbocycles. The fourth-order valence-electron chi connectivity index (χ4n) is 4.83. The molecule has 3 heterocycles. The van der Waals surface area contributed by atoms with Gasteiger partial charge in [-0.05, 0) is 29.7 Å². The number of piperazine rings is 1. The molecule has 1 aromatic carbocycles. The molecule has 2 saturated heterocycles. The molecule has 4 rings (SSSR count). The third-order valence-electron chi connectivity index (χ3n) is 6.66. The van der Waals surface area contributed by atoms with E-state index in [1.165, 1.54) is 11.8 Å². The third kappa shape index (κ3) is 4.37. The predicted molar refractivity (Wildman–Crippen MR) is 121 cm³/mol. The number of rotatable bonds is 5. The number of carbonyl (C=O) groups excluding carboxylic acids is 4. The molecule has 1 aromatic heterocycles. The summed E-state index contributed by atoms with van der Waals surface area (Å²) in [4.78, 5) is 60.6. The van der Waals surface area contributed by atoms with Gasteiger partial charge in [0.15, 0.2) is 0 Å². The molecule has 0 spiro atoms. The van der Waals surface area contributed by atoms with Crippen molar-refractivity contribution in [1.29, 1.82) is 0 Å². The highest BCUT2D eigenvalue weighted by Crippen LogP contribution is 2.42. The van der Waals surface area contributed by atoms with Crippen molar-refractivity contribution in [1.82, 2.24) is 19.7 Å². The molecule has 2 aliphatic heterocycles. The van der Waals surface area contributed by atoms with Gasteiger partial charge in [-0.15, -0.1) is 0 Å². The second-order valence-corrected chi connectivity index (χ2v) is 8.78. The number of nitrogens with zero attached hydrogens (tertiary/aromatic N) is 4. The van der Waals surface area contributed by atoms with Gasteiger partial charge in [-0.1, -0.05) is 30.3 Å². The van der Waals surface area contributed by atoms with Gasteiger partial charge in [0.2, 0.25) is 23.6 Å². The van der Waals surface area contributed by atoms with Crippen LogP contribution in [0.3, 0.4) is 0 Å². The monoisotopic (exact) mass is 448 g/mol. The molecule has 172 valence electrons. The lowest BCUT2D eigenvalue weighted by Crippen LogP contribution is -2.52. The summed E-state index contributed by atoms with van der Waals surface area (Å²) in [7, 11) is 0. The van der Waals surface area contributed by atoms with E-state index < -0.39 is 5.41 Å². The Morgan fingerprint density at radius 2 is 1.70 bits per heavy atom. The van der Waals surface area contributed by atoms with Crippen LogP contribution in [0.4, 0.5) is 0 Å². The summed E-state index contributed by atoms with van der Waals surface area (Å²) in [6.45, 7) is 5.33. The molecule has 2 fully saturated rings. The van der Waals surface area contributed by atoms with Crippen molar-refractivity contribution in [2.75, 3.05) is 26.2 Å². The Morgan fingerprint density at radius 1 is 1.00 bits per heavy atom. The highest BCUT2D eigenvalue weighted by atomic mass is 16.2. The second kappa shape index (κ2) is 9.13. The van der Waals surface area contributed by atoms with Crippen LogP contribution >= 0.6 is 0 Å². The van der Waals surface area contributed by atoms with Gasteiger partial charge in [0, 0.05) is 58.3 Å². The quantitative estimate of drug-likeness (QED) is 0.649. The Kier molecular flexibility index (Phi) is 6.26. The molecule has 33 heavy (non-hydrogen) atoms. The largest absolute Gasteiger partial charge is 0.339 e. The van der Waals surface area contributed by atoms with E-state index in [1.54, 1.807) is 28.3 Å². The molecule has 8 heteroatoms. The van der Waals surface area contributed by atoms with Crippen molar-refractivity contribution in [3.05, 3.63) is 65.5 Å². The molecule has 0 radical (unpaired) electrons. The number of pyridine rings is 1. The van der Waals surface area contributed by atoms with E-state index >= 15 is 0 Å². The molecule has 2 aromatic rings. The molecule has 4 amide bonds. The zero-order chi connectivity index (χ0) is 23.6.